The summed E-state index contributed by atoms with van der Waals surface area (Å²) < 4.78 is 46.1. The van der Waals surface area contributed by atoms with E-state index in [0.29, 0.717) is 0 Å². The lowest BCUT2D eigenvalue weighted by Gasteiger charge is -2.33. The fourth-order valence-corrected chi connectivity index (χ4v) is 18.1. The predicted molar refractivity (Wildman–Crippen MR) is 459 cm³/mol. The van der Waals surface area contributed by atoms with Crippen molar-refractivity contribution in [2.24, 2.45) is 0 Å². The number of furan rings is 1. The molecule has 24 rings (SSSR count). The minimum Gasteiger partial charge on any atom is -0.458 e. The van der Waals surface area contributed by atoms with Crippen molar-refractivity contribution < 1.29 is 32.8 Å². The minimum atomic E-state index is 0.0848. The van der Waals surface area contributed by atoms with E-state index in [-0.39, 0.29) is 20.1 Å². The van der Waals surface area contributed by atoms with Gasteiger partial charge in [0.05, 0.1) is 0 Å². The van der Waals surface area contributed by atoms with Crippen LogP contribution in [0.25, 0.3) is 76.2 Å². The summed E-state index contributed by atoms with van der Waals surface area (Å²) in [7, 11) is 0. The third-order valence-electron chi connectivity index (χ3n) is 22.2. The summed E-state index contributed by atoms with van der Waals surface area (Å²) in [4.78, 5) is 3.55. The van der Waals surface area contributed by atoms with E-state index in [4.69, 9.17) is 32.8 Å². The molecule has 112 heavy (non-hydrogen) atoms. The maximum Gasteiger partial charge on any atom is 0.260 e. The van der Waals surface area contributed by atoms with Crippen molar-refractivity contribution in [1.82, 2.24) is 0 Å². The van der Waals surface area contributed by atoms with Gasteiger partial charge in [0.15, 0.2) is 0 Å². The molecule has 6 aliphatic heterocycles. The predicted octanol–water partition coefficient (Wildman–Crippen LogP) is 21.0. The standard InChI is InChI=1S/C36H24BNO2.C32H19BO3.C32H19BO2S/c1-3-11-27(12-4-1)38(28-13-5-2-6-14-28)29-21-19-25(20-22-29)26-23-34-36-35(24-26)40-33-18-10-8-16-31(33)37(36)30-15-7-9-17-32(30)39-34;1-4-10-26-22(7-1)17-29(34-26)21-15-13-20(14-16-21)23-18-30-32-31(19-23)36-28-12-6-3-9-25(28)33(32)24-8-2-5-11-27(24)35-30;1-6-12-30-22(7-1)19-31(36-30)21-15-13-20(14-16-21)23-17-28-32-29(18-23)35-27-11-5-3-9-25(27)33(32)24-8-2-4-10-26(24)34-28/h1-24H;2*1-19H. The second-order valence-electron chi connectivity index (χ2n) is 28.8. The van der Waals surface area contributed by atoms with Gasteiger partial charge in [-0.15, -0.1) is 11.3 Å². The van der Waals surface area contributed by atoms with Gasteiger partial charge in [0.2, 0.25) is 0 Å². The number of rotatable bonds is 8. The highest BCUT2D eigenvalue weighted by Gasteiger charge is 2.43. The Morgan fingerprint density at radius 3 is 0.875 bits per heavy atom. The smallest absolute Gasteiger partial charge is 0.260 e. The molecule has 0 N–H and O–H groups in total. The van der Waals surface area contributed by atoms with E-state index >= 15 is 0 Å². The van der Waals surface area contributed by atoms with Crippen molar-refractivity contribution in [2.75, 3.05) is 4.90 Å². The van der Waals surface area contributed by atoms with Crippen LogP contribution in [0.4, 0.5) is 17.1 Å². The normalized spacial score (nSPS) is 12.7. The molecule has 18 aromatic rings. The van der Waals surface area contributed by atoms with Crippen LogP contribution >= 0.6 is 11.3 Å². The number of thiophene rings is 1. The lowest BCUT2D eigenvalue weighted by molar-refractivity contribution is 0.464. The molecule has 0 fully saturated rings. The van der Waals surface area contributed by atoms with Crippen molar-refractivity contribution in [3.8, 4) is 124 Å². The van der Waals surface area contributed by atoms with Crippen molar-refractivity contribution >= 4 is 119 Å². The largest absolute Gasteiger partial charge is 0.458 e. The zero-order valence-corrected chi connectivity index (χ0v) is 61.1. The Balaban J connectivity index is 0.000000103. The van der Waals surface area contributed by atoms with Gasteiger partial charge in [-0.05, 0) is 211 Å². The summed E-state index contributed by atoms with van der Waals surface area (Å²) in [6.45, 7) is 0.283. The van der Waals surface area contributed by atoms with Crippen LogP contribution in [-0.4, -0.2) is 20.1 Å². The molecule has 0 unspecified atom stereocenters. The number of hydrogen-bond donors (Lipinski definition) is 0. The monoisotopic (exact) mass is 1450 g/mol. The van der Waals surface area contributed by atoms with E-state index in [9.17, 15) is 0 Å². The van der Waals surface area contributed by atoms with Crippen LogP contribution in [0.5, 0.6) is 69.0 Å². The number of hydrogen-bond acceptors (Lipinski definition) is 9. The molecule has 16 aromatic carbocycles. The Bertz CT molecular complexity index is 6160. The first kappa shape index (κ1) is 64.9. The molecule has 8 heterocycles. The first-order chi connectivity index (χ1) is 55.5. The zero-order valence-electron chi connectivity index (χ0n) is 60.2. The molecule has 12 heteroatoms. The van der Waals surface area contributed by atoms with Gasteiger partial charge in [0, 0.05) is 54.0 Å². The maximum atomic E-state index is 6.49. The lowest BCUT2D eigenvalue weighted by atomic mass is 9.35. The van der Waals surface area contributed by atoms with Gasteiger partial charge in [0.25, 0.3) is 20.1 Å². The molecule has 6 aliphatic rings. The molecule has 0 saturated heterocycles. The van der Waals surface area contributed by atoms with Crippen LogP contribution in [0.1, 0.15) is 0 Å². The Labute approximate surface area is 652 Å². The molecule has 0 spiro atoms. The lowest BCUT2D eigenvalue weighted by Crippen LogP contribution is -2.57. The number of benzene rings is 16. The number of fused-ring (bicyclic) bond motifs is 14. The fraction of sp³-hybridized carbons (Fsp3) is 0. The van der Waals surface area contributed by atoms with E-state index in [1.807, 2.05) is 90.2 Å². The zero-order chi connectivity index (χ0) is 73.7. The van der Waals surface area contributed by atoms with Crippen LogP contribution in [0.2, 0.25) is 0 Å². The van der Waals surface area contributed by atoms with Crippen LogP contribution in [-0.2, 0) is 0 Å². The Kier molecular flexibility index (Phi) is 15.6. The highest BCUT2D eigenvalue weighted by Crippen LogP contribution is 2.45. The summed E-state index contributed by atoms with van der Waals surface area (Å²) in [5.74, 6) is 11.4. The third kappa shape index (κ3) is 11.3. The molecular weight excluding hydrogens is 1390 g/mol. The Morgan fingerprint density at radius 2 is 0.509 bits per heavy atom. The Morgan fingerprint density at radius 1 is 0.214 bits per heavy atom. The van der Waals surface area contributed by atoms with Crippen molar-refractivity contribution in [3.05, 3.63) is 376 Å². The minimum absolute atomic E-state index is 0.0848. The first-order valence-corrected chi connectivity index (χ1v) is 38.6. The van der Waals surface area contributed by atoms with E-state index in [1.54, 1.807) is 0 Å². The van der Waals surface area contributed by atoms with Crippen molar-refractivity contribution in [1.29, 1.82) is 0 Å². The average molecular weight is 1450 g/mol. The molecular formula is C100H62B3NO7S. The molecule has 0 radical (unpaired) electrons. The molecule has 8 nitrogen and oxygen atoms in total. The summed E-state index contributed by atoms with van der Waals surface area (Å²) in [6.07, 6.45) is 0. The Hall–Kier alpha value is -14.2. The van der Waals surface area contributed by atoms with E-state index in [1.165, 1.54) is 53.3 Å². The van der Waals surface area contributed by atoms with Gasteiger partial charge in [0.1, 0.15) is 80.3 Å². The van der Waals surface area contributed by atoms with Gasteiger partial charge < -0.3 is 37.7 Å². The van der Waals surface area contributed by atoms with Gasteiger partial charge >= 0.3 is 0 Å². The molecule has 0 aliphatic carbocycles. The van der Waals surface area contributed by atoms with Crippen LogP contribution in [0.15, 0.2) is 381 Å². The summed E-state index contributed by atoms with van der Waals surface area (Å²) in [6, 6.07) is 131. The first-order valence-electron chi connectivity index (χ1n) is 37.8. The summed E-state index contributed by atoms with van der Waals surface area (Å²) in [5, 5.41) is 2.40. The number of anilines is 3. The number of para-hydroxylation sites is 9. The highest BCUT2D eigenvalue weighted by molar-refractivity contribution is 7.22. The van der Waals surface area contributed by atoms with Crippen molar-refractivity contribution in [3.63, 3.8) is 0 Å². The average Bonchev–Trinajstić information content (AvgIpc) is 1.12. The fourth-order valence-electron chi connectivity index (χ4n) is 17.0. The van der Waals surface area contributed by atoms with Crippen LogP contribution in [0, 0.1) is 0 Å². The maximum absolute atomic E-state index is 6.49. The third-order valence-corrected chi connectivity index (χ3v) is 23.4. The van der Waals surface area contributed by atoms with E-state index < -0.39 is 0 Å². The van der Waals surface area contributed by atoms with E-state index in [2.05, 4.69) is 302 Å². The SMILES string of the molecule is c1ccc(N(c2ccccc2)c2ccc(-c3cc4c5c(c3)Oc3ccccc3B5c3ccccc3O4)cc2)cc1.c1ccc2c(c1)Oc1cc(-c3ccc(-c4cc5ccccc5o4)cc3)cc3c1B2c1ccccc1O3.c1ccc2c(c1)Oc1cc(-c3ccc(-c4cc5ccccc5s4)cc3)cc3c1B2c1ccccc1O3. The van der Waals surface area contributed by atoms with Crippen LogP contribution in [0.3, 0.4) is 0 Å². The van der Waals surface area contributed by atoms with Gasteiger partial charge in [-0.25, -0.2) is 0 Å². The van der Waals surface area contributed by atoms with Crippen LogP contribution < -0.4 is 82.5 Å². The highest BCUT2D eigenvalue weighted by atomic mass is 32.1. The molecule has 0 saturated carbocycles. The summed E-state index contributed by atoms with van der Waals surface area (Å²) >= 11 is 1.83. The van der Waals surface area contributed by atoms with E-state index in [0.717, 1.165) is 158 Å². The number of ether oxygens (including phenoxy) is 6. The van der Waals surface area contributed by atoms with Gasteiger partial charge in [-0.2, -0.15) is 0 Å². The quantitative estimate of drug-likeness (QED) is 0.139. The second kappa shape index (κ2) is 26.9. The number of nitrogens with zero attached hydrogens (tertiary/aromatic N) is 1. The second-order valence-corrected chi connectivity index (χ2v) is 29.9. The topological polar surface area (TPSA) is 71.8 Å². The van der Waals surface area contributed by atoms with Crippen molar-refractivity contribution in [2.45, 2.75) is 0 Å². The van der Waals surface area contributed by atoms with Gasteiger partial charge in [-0.1, -0.05) is 243 Å². The molecule has 0 amide bonds. The molecule has 2 aromatic heterocycles. The molecule has 0 bridgehead atoms. The van der Waals surface area contributed by atoms with Gasteiger partial charge in [-0.3, -0.25) is 0 Å². The molecule has 0 atom stereocenters. The summed E-state index contributed by atoms with van der Waals surface area (Å²) in [5.41, 5.74) is 23.4. The molecule has 524 valence electrons.